The first kappa shape index (κ1) is 13.8. The van der Waals surface area contributed by atoms with Gasteiger partial charge in [0.2, 0.25) is 0 Å². The van der Waals surface area contributed by atoms with Crippen LogP contribution in [0.25, 0.3) is 0 Å². The normalized spacial score (nSPS) is 11.8. The van der Waals surface area contributed by atoms with Gasteiger partial charge in [0.1, 0.15) is 11.7 Å². The Bertz CT molecular complexity index is 464. The number of nitrogens with one attached hydrogen (secondary N) is 2. The summed E-state index contributed by atoms with van der Waals surface area (Å²) in [6.07, 6.45) is 2.20. The molecule has 0 aliphatic heterocycles. The Morgan fingerprint density at radius 2 is 2.33 bits per heavy atom. The first-order valence-electron chi connectivity index (χ1n) is 5.12. The number of aliphatic carboxylic acids is 1. The Hall–Kier alpha value is -2.22. The van der Waals surface area contributed by atoms with Gasteiger partial charge in [-0.3, -0.25) is 9.59 Å². The third-order valence-electron chi connectivity index (χ3n) is 2.12. The van der Waals surface area contributed by atoms with Crippen LogP contribution in [0.5, 0.6) is 0 Å². The van der Waals surface area contributed by atoms with Crippen LogP contribution in [-0.2, 0) is 9.53 Å². The maximum atomic E-state index is 11.6. The number of aromatic amines is 1. The SMILES string of the molecule is COCCC(NC(=O)c1c[nH]c(=O)cn1)C(=O)O. The fourth-order valence-electron chi connectivity index (χ4n) is 1.19. The standard InChI is InChI=1S/C10H13N3O5/c1-18-3-2-6(10(16)17)13-9(15)7-4-12-8(14)5-11-7/h4-6H,2-3H2,1H3,(H,12,14)(H,13,15)(H,16,17). The quantitative estimate of drug-likeness (QED) is 0.598. The van der Waals surface area contributed by atoms with Crippen molar-refractivity contribution >= 4 is 11.9 Å². The maximum absolute atomic E-state index is 11.6. The van der Waals surface area contributed by atoms with Gasteiger partial charge in [0.15, 0.2) is 0 Å². The molecule has 0 aromatic carbocycles. The van der Waals surface area contributed by atoms with E-state index in [0.29, 0.717) is 0 Å². The molecule has 3 N–H and O–H groups in total. The second kappa shape index (κ2) is 6.50. The number of hydrogen-bond donors (Lipinski definition) is 3. The number of H-pyrrole nitrogens is 1. The average Bonchev–Trinajstić information content (AvgIpc) is 2.34. The lowest BCUT2D eigenvalue weighted by Gasteiger charge is -2.13. The predicted molar refractivity (Wildman–Crippen MR) is 60.2 cm³/mol. The molecule has 0 aliphatic carbocycles. The van der Waals surface area contributed by atoms with Gasteiger partial charge in [-0.1, -0.05) is 0 Å². The first-order chi connectivity index (χ1) is 8.54. The molecule has 0 bridgehead atoms. The molecule has 8 heteroatoms. The summed E-state index contributed by atoms with van der Waals surface area (Å²) in [6, 6.07) is -1.06. The zero-order valence-electron chi connectivity index (χ0n) is 9.67. The molecule has 1 amide bonds. The van der Waals surface area contributed by atoms with Crippen LogP contribution in [0.15, 0.2) is 17.2 Å². The van der Waals surface area contributed by atoms with Crippen LogP contribution in [-0.4, -0.2) is 46.7 Å². The summed E-state index contributed by atoms with van der Waals surface area (Å²) in [6.45, 7) is 0.205. The third-order valence-corrected chi connectivity index (χ3v) is 2.12. The van der Waals surface area contributed by atoms with Crippen molar-refractivity contribution in [2.24, 2.45) is 0 Å². The van der Waals surface area contributed by atoms with Crippen LogP contribution in [0, 0.1) is 0 Å². The highest BCUT2D eigenvalue weighted by Crippen LogP contribution is 1.96. The van der Waals surface area contributed by atoms with Crippen LogP contribution in [0.4, 0.5) is 0 Å². The van der Waals surface area contributed by atoms with Crippen LogP contribution < -0.4 is 10.9 Å². The number of nitrogens with zero attached hydrogens (tertiary/aromatic N) is 1. The van der Waals surface area contributed by atoms with E-state index < -0.39 is 23.5 Å². The average molecular weight is 255 g/mol. The summed E-state index contributed by atoms with van der Waals surface area (Å²) in [5.41, 5.74) is -0.501. The Kier molecular flexibility index (Phi) is 5.00. The molecule has 1 aromatic heterocycles. The predicted octanol–water partition coefficient (Wildman–Crippen LogP) is -1.01. The summed E-state index contributed by atoms with van der Waals surface area (Å²) in [4.78, 5) is 39.1. The maximum Gasteiger partial charge on any atom is 0.326 e. The zero-order chi connectivity index (χ0) is 13.5. The number of amides is 1. The minimum atomic E-state index is -1.16. The van der Waals surface area contributed by atoms with Crippen LogP contribution in [0.3, 0.4) is 0 Å². The molecule has 0 radical (unpaired) electrons. The number of carboxylic acids is 1. The Balaban J connectivity index is 2.68. The Morgan fingerprint density at radius 3 is 2.83 bits per heavy atom. The monoisotopic (exact) mass is 255 g/mol. The smallest absolute Gasteiger partial charge is 0.326 e. The van der Waals surface area contributed by atoms with Gasteiger partial charge >= 0.3 is 5.97 Å². The number of carbonyl (C=O) groups is 2. The molecule has 1 atom stereocenters. The Labute approximate surface area is 102 Å². The molecule has 8 nitrogen and oxygen atoms in total. The number of ether oxygens (including phenoxy) is 1. The van der Waals surface area contributed by atoms with Gasteiger partial charge in [0.25, 0.3) is 11.5 Å². The molecule has 0 fully saturated rings. The Morgan fingerprint density at radius 1 is 1.61 bits per heavy atom. The molecular formula is C10H13N3O5. The van der Waals surface area contributed by atoms with E-state index in [2.05, 4.69) is 15.3 Å². The summed E-state index contributed by atoms with van der Waals surface area (Å²) < 4.78 is 4.75. The van der Waals surface area contributed by atoms with Gasteiger partial charge in [0, 0.05) is 26.3 Å². The molecule has 0 aliphatic rings. The molecule has 1 heterocycles. The van der Waals surface area contributed by atoms with Gasteiger partial charge in [-0.25, -0.2) is 9.78 Å². The van der Waals surface area contributed by atoms with Crippen LogP contribution in [0.1, 0.15) is 16.9 Å². The largest absolute Gasteiger partial charge is 0.480 e. The highest BCUT2D eigenvalue weighted by Gasteiger charge is 2.20. The van der Waals surface area contributed by atoms with Crippen LogP contribution in [0.2, 0.25) is 0 Å². The van der Waals surface area contributed by atoms with Crippen molar-refractivity contribution in [3.05, 3.63) is 28.4 Å². The number of rotatable bonds is 6. The summed E-state index contributed by atoms with van der Waals surface area (Å²) in [5.74, 6) is -1.83. The van der Waals surface area contributed by atoms with Crippen molar-refractivity contribution in [2.45, 2.75) is 12.5 Å². The van der Waals surface area contributed by atoms with Crippen molar-refractivity contribution in [2.75, 3.05) is 13.7 Å². The van der Waals surface area contributed by atoms with E-state index in [1.807, 2.05) is 0 Å². The number of hydrogen-bond acceptors (Lipinski definition) is 5. The van der Waals surface area contributed by atoms with Gasteiger partial charge in [-0.15, -0.1) is 0 Å². The summed E-state index contributed by atoms with van der Waals surface area (Å²) in [7, 11) is 1.43. The molecule has 1 aromatic rings. The highest BCUT2D eigenvalue weighted by atomic mass is 16.5. The summed E-state index contributed by atoms with van der Waals surface area (Å²) in [5, 5.41) is 11.2. The molecule has 1 unspecified atom stereocenters. The molecule has 0 saturated carbocycles. The number of carboxylic acid groups (broad SMARTS) is 1. The van der Waals surface area contributed by atoms with Crippen molar-refractivity contribution in [1.29, 1.82) is 0 Å². The second-order valence-corrected chi connectivity index (χ2v) is 3.44. The molecule has 0 saturated heterocycles. The van der Waals surface area contributed by atoms with Crippen molar-refractivity contribution in [1.82, 2.24) is 15.3 Å². The fraction of sp³-hybridized carbons (Fsp3) is 0.400. The van der Waals surface area contributed by atoms with Gasteiger partial charge < -0.3 is 20.1 Å². The molecule has 98 valence electrons. The van der Waals surface area contributed by atoms with Gasteiger partial charge in [-0.05, 0) is 0 Å². The van der Waals surface area contributed by atoms with Crippen LogP contribution >= 0.6 is 0 Å². The van der Waals surface area contributed by atoms with Crippen molar-refractivity contribution in [3.8, 4) is 0 Å². The lowest BCUT2D eigenvalue weighted by Crippen LogP contribution is -2.42. The minimum Gasteiger partial charge on any atom is -0.480 e. The van der Waals surface area contributed by atoms with Gasteiger partial charge in [-0.2, -0.15) is 0 Å². The molecule has 18 heavy (non-hydrogen) atoms. The third kappa shape index (κ3) is 3.98. The first-order valence-corrected chi connectivity index (χ1v) is 5.12. The molecule has 0 spiro atoms. The van der Waals surface area contributed by atoms with Crippen molar-refractivity contribution in [3.63, 3.8) is 0 Å². The highest BCUT2D eigenvalue weighted by molar-refractivity contribution is 5.94. The topological polar surface area (TPSA) is 121 Å². The van der Waals surface area contributed by atoms with E-state index in [-0.39, 0.29) is 18.7 Å². The van der Waals surface area contributed by atoms with E-state index in [4.69, 9.17) is 9.84 Å². The van der Waals surface area contributed by atoms with E-state index in [1.54, 1.807) is 0 Å². The zero-order valence-corrected chi connectivity index (χ0v) is 9.67. The minimum absolute atomic E-state index is 0.0572. The summed E-state index contributed by atoms with van der Waals surface area (Å²) >= 11 is 0. The number of methoxy groups -OCH3 is 1. The number of aromatic nitrogens is 2. The number of carbonyl (C=O) groups excluding carboxylic acids is 1. The lowest BCUT2D eigenvalue weighted by molar-refractivity contribution is -0.139. The molecule has 1 rings (SSSR count). The van der Waals surface area contributed by atoms with E-state index >= 15 is 0 Å². The van der Waals surface area contributed by atoms with E-state index in [0.717, 1.165) is 12.4 Å². The van der Waals surface area contributed by atoms with E-state index in [9.17, 15) is 14.4 Å². The van der Waals surface area contributed by atoms with E-state index in [1.165, 1.54) is 7.11 Å². The van der Waals surface area contributed by atoms with Crippen molar-refractivity contribution < 1.29 is 19.4 Å². The lowest BCUT2D eigenvalue weighted by atomic mass is 10.2. The van der Waals surface area contributed by atoms with Gasteiger partial charge in [0.05, 0.1) is 6.20 Å². The second-order valence-electron chi connectivity index (χ2n) is 3.44. The fourth-order valence-corrected chi connectivity index (χ4v) is 1.19. The molecular weight excluding hydrogens is 242 g/mol.